The van der Waals surface area contributed by atoms with E-state index in [4.69, 9.17) is 5.26 Å². The van der Waals surface area contributed by atoms with Crippen molar-refractivity contribution in [1.82, 2.24) is 0 Å². The molecule has 1 fully saturated rings. The molecule has 0 bridgehead atoms. The monoisotopic (exact) mass is 314 g/mol. The maximum absolute atomic E-state index is 11.3. The summed E-state index contributed by atoms with van der Waals surface area (Å²) in [6.07, 6.45) is 0. The number of hydrogen-bond acceptors (Lipinski definition) is 4. The number of benzene rings is 1. The summed E-state index contributed by atoms with van der Waals surface area (Å²) in [4.78, 5) is 1.95. The minimum Gasteiger partial charge on any atom is -0.368 e. The van der Waals surface area contributed by atoms with Crippen molar-refractivity contribution < 1.29 is 8.42 Å². The van der Waals surface area contributed by atoms with Gasteiger partial charge in [-0.15, -0.1) is 0 Å². The molecule has 17 heavy (non-hydrogen) atoms. The van der Waals surface area contributed by atoms with Gasteiger partial charge < -0.3 is 4.90 Å². The Morgan fingerprint density at radius 1 is 1.29 bits per heavy atom. The predicted molar refractivity (Wildman–Crippen MR) is 69.7 cm³/mol. The molecule has 0 unspecified atom stereocenters. The van der Waals surface area contributed by atoms with Crippen LogP contribution in [0.25, 0.3) is 0 Å². The molecule has 0 spiro atoms. The van der Waals surface area contributed by atoms with Gasteiger partial charge in [0.25, 0.3) is 0 Å². The zero-order valence-corrected chi connectivity index (χ0v) is 11.5. The molecular weight excluding hydrogens is 304 g/mol. The summed E-state index contributed by atoms with van der Waals surface area (Å²) in [6.45, 7) is 0.914. The molecule has 0 radical (unpaired) electrons. The van der Waals surface area contributed by atoms with Crippen LogP contribution in [0.4, 0.5) is 5.69 Å². The molecule has 2 rings (SSSR count). The highest BCUT2D eigenvalue weighted by atomic mass is 79.9. The molecule has 0 aliphatic carbocycles. The molecule has 1 saturated heterocycles. The zero-order chi connectivity index (χ0) is 12.5. The van der Waals surface area contributed by atoms with Crippen molar-refractivity contribution >= 4 is 31.5 Å². The first-order chi connectivity index (χ1) is 8.02. The van der Waals surface area contributed by atoms with Crippen LogP contribution in [0.2, 0.25) is 0 Å². The predicted octanol–water partition coefficient (Wildman–Crippen LogP) is 1.56. The topological polar surface area (TPSA) is 61.2 Å². The van der Waals surface area contributed by atoms with Gasteiger partial charge in [-0.05, 0) is 18.2 Å². The maximum Gasteiger partial charge on any atom is 0.153 e. The average Bonchev–Trinajstić information content (AvgIpc) is 2.29. The standard InChI is InChI=1S/C11H11BrN2O2S/c12-10-1-2-11(9(7-10)8-13)14-3-5-17(15,16)6-4-14/h1-2,7H,3-6H2. The number of rotatable bonds is 1. The molecule has 90 valence electrons. The van der Waals surface area contributed by atoms with Crippen LogP contribution in [0, 0.1) is 11.3 Å². The average molecular weight is 315 g/mol. The second-order valence-corrected chi connectivity index (χ2v) is 7.13. The first-order valence-electron chi connectivity index (χ1n) is 5.17. The number of nitrogens with zero attached hydrogens (tertiary/aromatic N) is 2. The first kappa shape index (κ1) is 12.4. The smallest absolute Gasteiger partial charge is 0.153 e. The summed E-state index contributed by atoms with van der Waals surface area (Å²) in [7, 11) is -2.89. The van der Waals surface area contributed by atoms with Crippen molar-refractivity contribution in [3.63, 3.8) is 0 Å². The summed E-state index contributed by atoms with van der Waals surface area (Å²) >= 11 is 3.31. The molecule has 0 amide bonds. The van der Waals surface area contributed by atoms with Gasteiger partial charge in [-0.1, -0.05) is 15.9 Å². The first-order valence-corrected chi connectivity index (χ1v) is 7.78. The Morgan fingerprint density at radius 3 is 2.53 bits per heavy atom. The van der Waals surface area contributed by atoms with Gasteiger partial charge in [0.2, 0.25) is 0 Å². The van der Waals surface area contributed by atoms with Crippen molar-refractivity contribution in [2.75, 3.05) is 29.5 Å². The Balaban J connectivity index is 2.28. The van der Waals surface area contributed by atoms with Crippen LogP contribution in [0.1, 0.15) is 5.56 Å². The van der Waals surface area contributed by atoms with Crippen molar-refractivity contribution in [3.8, 4) is 6.07 Å². The molecule has 1 heterocycles. The van der Waals surface area contributed by atoms with Gasteiger partial charge in [0.1, 0.15) is 6.07 Å². The van der Waals surface area contributed by atoms with E-state index < -0.39 is 9.84 Å². The van der Waals surface area contributed by atoms with Crippen molar-refractivity contribution in [2.24, 2.45) is 0 Å². The van der Waals surface area contributed by atoms with E-state index in [0.717, 1.165) is 10.2 Å². The van der Waals surface area contributed by atoms with E-state index in [0.29, 0.717) is 18.7 Å². The van der Waals surface area contributed by atoms with Gasteiger partial charge in [0.15, 0.2) is 9.84 Å². The molecule has 6 heteroatoms. The lowest BCUT2D eigenvalue weighted by Crippen LogP contribution is -2.40. The summed E-state index contributed by atoms with van der Waals surface area (Å²) in [5, 5.41) is 9.06. The Kier molecular flexibility index (Phi) is 3.40. The van der Waals surface area contributed by atoms with Crippen molar-refractivity contribution in [1.29, 1.82) is 5.26 Å². The fraction of sp³-hybridized carbons (Fsp3) is 0.364. The molecule has 0 saturated carbocycles. The van der Waals surface area contributed by atoms with Gasteiger partial charge in [0, 0.05) is 17.6 Å². The third-order valence-electron chi connectivity index (χ3n) is 2.76. The van der Waals surface area contributed by atoms with Crippen LogP contribution in [-0.4, -0.2) is 33.0 Å². The van der Waals surface area contributed by atoms with Crippen molar-refractivity contribution in [3.05, 3.63) is 28.2 Å². The molecule has 1 aliphatic heterocycles. The fourth-order valence-corrected chi connectivity index (χ4v) is 3.39. The summed E-state index contributed by atoms with van der Waals surface area (Å²) in [5.41, 5.74) is 1.38. The number of nitriles is 1. The molecule has 1 aromatic carbocycles. The van der Waals surface area contributed by atoms with Crippen molar-refractivity contribution in [2.45, 2.75) is 0 Å². The molecule has 1 aliphatic rings. The largest absolute Gasteiger partial charge is 0.368 e. The second-order valence-electron chi connectivity index (χ2n) is 3.91. The minimum absolute atomic E-state index is 0.161. The minimum atomic E-state index is -2.89. The second kappa shape index (κ2) is 4.67. The molecule has 4 nitrogen and oxygen atoms in total. The third-order valence-corrected chi connectivity index (χ3v) is 4.87. The molecule has 0 aromatic heterocycles. The van der Waals surface area contributed by atoms with E-state index in [1.807, 2.05) is 17.0 Å². The van der Waals surface area contributed by atoms with E-state index in [2.05, 4.69) is 22.0 Å². The van der Waals surface area contributed by atoms with E-state index in [1.54, 1.807) is 6.07 Å². The summed E-state index contributed by atoms with van der Waals surface area (Å²) in [6, 6.07) is 7.59. The lowest BCUT2D eigenvalue weighted by atomic mass is 10.1. The van der Waals surface area contributed by atoms with Crippen LogP contribution in [0.15, 0.2) is 22.7 Å². The molecular formula is C11H11BrN2O2S. The third kappa shape index (κ3) is 2.79. The fourth-order valence-electron chi connectivity index (χ4n) is 1.83. The highest BCUT2D eigenvalue weighted by Crippen LogP contribution is 2.25. The Bertz CT molecular complexity index is 564. The van der Waals surface area contributed by atoms with Gasteiger partial charge in [-0.25, -0.2) is 8.42 Å². The van der Waals surface area contributed by atoms with Gasteiger partial charge in [-0.2, -0.15) is 5.26 Å². The van der Waals surface area contributed by atoms with Crippen LogP contribution in [-0.2, 0) is 9.84 Å². The SMILES string of the molecule is N#Cc1cc(Br)ccc1N1CCS(=O)(=O)CC1. The van der Waals surface area contributed by atoms with E-state index >= 15 is 0 Å². The van der Waals surface area contributed by atoms with E-state index in [1.165, 1.54) is 0 Å². The lowest BCUT2D eigenvalue weighted by molar-refractivity contribution is 0.587. The van der Waals surface area contributed by atoms with Crippen LogP contribution >= 0.6 is 15.9 Å². The molecule has 1 aromatic rings. The number of anilines is 1. The lowest BCUT2D eigenvalue weighted by Gasteiger charge is -2.29. The van der Waals surface area contributed by atoms with Gasteiger partial charge >= 0.3 is 0 Å². The summed E-state index contributed by atoms with van der Waals surface area (Å²) < 4.78 is 23.5. The molecule has 0 atom stereocenters. The number of sulfone groups is 1. The Hall–Kier alpha value is -1.06. The van der Waals surface area contributed by atoms with Gasteiger partial charge in [0.05, 0.1) is 22.8 Å². The number of hydrogen-bond donors (Lipinski definition) is 0. The normalized spacial score (nSPS) is 18.7. The quantitative estimate of drug-likeness (QED) is 0.789. The van der Waals surface area contributed by atoms with E-state index in [9.17, 15) is 8.42 Å². The Morgan fingerprint density at radius 2 is 1.94 bits per heavy atom. The van der Waals surface area contributed by atoms with Crippen LogP contribution in [0.3, 0.4) is 0 Å². The zero-order valence-electron chi connectivity index (χ0n) is 9.06. The number of halogens is 1. The van der Waals surface area contributed by atoms with Crippen LogP contribution in [0.5, 0.6) is 0 Å². The summed E-state index contributed by atoms with van der Waals surface area (Å²) in [5.74, 6) is 0.321. The Labute approximate surface area is 109 Å². The van der Waals surface area contributed by atoms with E-state index in [-0.39, 0.29) is 11.5 Å². The maximum atomic E-state index is 11.3. The highest BCUT2D eigenvalue weighted by Gasteiger charge is 2.23. The highest BCUT2D eigenvalue weighted by molar-refractivity contribution is 9.10. The van der Waals surface area contributed by atoms with Crippen LogP contribution < -0.4 is 4.90 Å². The molecule has 0 N–H and O–H groups in total. The van der Waals surface area contributed by atoms with Gasteiger partial charge in [-0.3, -0.25) is 0 Å².